The van der Waals surface area contributed by atoms with E-state index in [-0.39, 0.29) is 12.4 Å². The lowest BCUT2D eigenvalue weighted by Crippen LogP contribution is -2.28. The van der Waals surface area contributed by atoms with E-state index in [1.54, 1.807) is 6.07 Å². The number of rotatable bonds is 6. The smallest absolute Gasteiger partial charge is 0.491 e. The average molecular weight is 422 g/mol. The van der Waals surface area contributed by atoms with Crippen molar-refractivity contribution in [1.29, 1.82) is 0 Å². The fourth-order valence-electron chi connectivity index (χ4n) is 2.97. The van der Waals surface area contributed by atoms with Gasteiger partial charge in [-0.15, -0.1) is 0 Å². The lowest BCUT2D eigenvalue weighted by Gasteiger charge is -2.13. The van der Waals surface area contributed by atoms with Crippen molar-refractivity contribution >= 4 is 42.0 Å². The van der Waals surface area contributed by atoms with Gasteiger partial charge in [0.05, 0.1) is 17.2 Å². The van der Waals surface area contributed by atoms with Gasteiger partial charge in [-0.3, -0.25) is 5.32 Å². The summed E-state index contributed by atoms with van der Waals surface area (Å²) in [6.07, 6.45) is -0.621. The molecule has 9 heteroatoms. The summed E-state index contributed by atoms with van der Waals surface area (Å²) in [5.74, 6) is 0.0236. The van der Waals surface area contributed by atoms with Crippen LogP contribution in [0.5, 0.6) is 5.75 Å². The van der Waals surface area contributed by atoms with Crippen molar-refractivity contribution in [3.05, 3.63) is 77.9 Å². The fourth-order valence-corrected chi connectivity index (χ4v) is 3.68. The van der Waals surface area contributed by atoms with Gasteiger partial charge in [0.2, 0.25) is 0 Å². The molecule has 1 aliphatic rings. The minimum atomic E-state index is -0.919. The highest BCUT2D eigenvalue weighted by Gasteiger charge is 2.27. The number of amides is 1. The van der Waals surface area contributed by atoms with Crippen LogP contribution in [0.25, 0.3) is 0 Å². The van der Waals surface area contributed by atoms with Gasteiger partial charge in [-0.05, 0) is 52.8 Å². The summed E-state index contributed by atoms with van der Waals surface area (Å²) in [4.78, 5) is 12.9. The van der Waals surface area contributed by atoms with E-state index >= 15 is 0 Å². The number of phenolic OH excluding ortho intramolecular Hbond substituents is 1. The zero-order chi connectivity index (χ0) is 20.9. The van der Waals surface area contributed by atoms with Crippen LogP contribution >= 0.6 is 11.9 Å². The van der Waals surface area contributed by atoms with E-state index in [0.29, 0.717) is 17.2 Å². The predicted molar refractivity (Wildman–Crippen MR) is 117 cm³/mol. The van der Waals surface area contributed by atoms with Crippen molar-refractivity contribution in [2.24, 2.45) is 0 Å². The van der Waals surface area contributed by atoms with Gasteiger partial charge >= 0.3 is 13.2 Å². The summed E-state index contributed by atoms with van der Waals surface area (Å²) in [6, 6.07) is 19.6. The van der Waals surface area contributed by atoms with Crippen molar-refractivity contribution in [2.75, 3.05) is 10.0 Å². The molecule has 0 bridgehead atoms. The van der Waals surface area contributed by atoms with E-state index in [4.69, 9.17) is 9.39 Å². The number of carbonyl (C=O) groups is 1. The van der Waals surface area contributed by atoms with Crippen LogP contribution in [0.3, 0.4) is 0 Å². The number of anilines is 2. The van der Waals surface area contributed by atoms with Gasteiger partial charge in [0, 0.05) is 11.8 Å². The number of benzene rings is 3. The minimum absolute atomic E-state index is 0.0236. The zero-order valence-corrected chi connectivity index (χ0v) is 16.7. The quantitative estimate of drug-likeness (QED) is 0.357. The van der Waals surface area contributed by atoms with E-state index in [1.807, 2.05) is 48.5 Å². The highest BCUT2D eigenvalue weighted by Crippen LogP contribution is 2.31. The summed E-state index contributed by atoms with van der Waals surface area (Å²) in [7, 11) is -0.919. The first-order valence-corrected chi connectivity index (χ1v) is 10.1. The number of hydrogen-bond donors (Lipinski definition) is 4. The second-order valence-corrected chi connectivity index (χ2v) is 7.50. The Morgan fingerprint density at radius 2 is 1.97 bits per heavy atom. The van der Waals surface area contributed by atoms with Crippen LogP contribution in [-0.2, 0) is 22.6 Å². The fraction of sp³-hybridized carbons (Fsp3) is 0.0952. The first-order valence-electron chi connectivity index (χ1n) is 9.24. The average Bonchev–Trinajstić information content (AvgIpc) is 3.13. The van der Waals surface area contributed by atoms with Crippen molar-refractivity contribution in [2.45, 2.75) is 18.1 Å². The molecule has 0 atom stereocenters. The standard InChI is InChI=1S/C21H19BN2O5S/c25-17-8-9-20(30-24-16-7-6-15-13-29-22(27)18(15)10-16)19(11-17)23-21(26)28-12-14-4-2-1-3-5-14/h1-11,24-25,27H,12-13H2,(H,23,26). The normalized spacial score (nSPS) is 12.4. The third-order valence-corrected chi connectivity index (χ3v) is 5.41. The van der Waals surface area contributed by atoms with Crippen LogP contribution in [0.15, 0.2) is 71.6 Å². The Morgan fingerprint density at radius 3 is 2.80 bits per heavy atom. The number of carbonyl (C=O) groups excluding carboxylic acids is 1. The second kappa shape index (κ2) is 9.12. The lowest BCUT2D eigenvalue weighted by atomic mass is 9.79. The summed E-state index contributed by atoms with van der Waals surface area (Å²) >= 11 is 1.26. The minimum Gasteiger partial charge on any atom is -0.508 e. The summed E-state index contributed by atoms with van der Waals surface area (Å²) in [6.45, 7) is 0.535. The Labute approximate surface area is 178 Å². The van der Waals surface area contributed by atoms with Crippen LogP contribution in [-0.4, -0.2) is 23.3 Å². The molecule has 0 fully saturated rings. The molecular formula is C21H19BN2O5S. The maximum atomic E-state index is 12.2. The molecule has 0 unspecified atom stereocenters. The van der Waals surface area contributed by atoms with Gasteiger partial charge in [0.25, 0.3) is 0 Å². The van der Waals surface area contributed by atoms with Crippen LogP contribution in [0.2, 0.25) is 0 Å². The Balaban J connectivity index is 1.40. The van der Waals surface area contributed by atoms with Crippen molar-refractivity contribution < 1.29 is 24.3 Å². The van der Waals surface area contributed by atoms with Gasteiger partial charge in [-0.25, -0.2) is 4.79 Å². The molecule has 3 aromatic carbocycles. The molecular weight excluding hydrogens is 403 g/mol. The molecule has 0 saturated heterocycles. The van der Waals surface area contributed by atoms with Gasteiger partial charge in [-0.2, -0.15) is 0 Å². The predicted octanol–water partition coefficient (Wildman–Crippen LogP) is 3.48. The highest BCUT2D eigenvalue weighted by atomic mass is 32.2. The number of ether oxygens (including phenoxy) is 1. The first kappa shape index (κ1) is 20.2. The Morgan fingerprint density at radius 1 is 1.13 bits per heavy atom. The second-order valence-electron chi connectivity index (χ2n) is 6.65. The van der Waals surface area contributed by atoms with Crippen LogP contribution in [0.1, 0.15) is 11.1 Å². The van der Waals surface area contributed by atoms with E-state index in [2.05, 4.69) is 10.0 Å². The number of phenols is 1. The van der Waals surface area contributed by atoms with Gasteiger partial charge in [-0.1, -0.05) is 36.4 Å². The molecule has 1 heterocycles. The molecule has 1 aliphatic heterocycles. The van der Waals surface area contributed by atoms with Crippen molar-refractivity contribution in [3.8, 4) is 5.75 Å². The monoisotopic (exact) mass is 422 g/mol. The SMILES string of the molecule is O=C(Nc1cc(O)ccc1SNc1ccc2c(c1)B(O)OC2)OCc1ccccc1. The number of nitrogens with one attached hydrogen (secondary N) is 2. The van der Waals surface area contributed by atoms with Gasteiger partial charge in [0.15, 0.2) is 0 Å². The maximum Gasteiger partial charge on any atom is 0.491 e. The topological polar surface area (TPSA) is 100 Å². The zero-order valence-electron chi connectivity index (χ0n) is 15.9. The molecule has 0 aromatic heterocycles. The van der Waals surface area contributed by atoms with Gasteiger partial charge < -0.3 is 24.2 Å². The largest absolute Gasteiger partial charge is 0.508 e. The molecule has 4 N–H and O–H groups in total. The van der Waals surface area contributed by atoms with Crippen molar-refractivity contribution in [3.63, 3.8) is 0 Å². The van der Waals surface area contributed by atoms with E-state index in [1.165, 1.54) is 24.1 Å². The van der Waals surface area contributed by atoms with E-state index in [0.717, 1.165) is 22.3 Å². The Hall–Kier alpha value is -3.14. The molecule has 30 heavy (non-hydrogen) atoms. The summed E-state index contributed by atoms with van der Waals surface area (Å²) in [5, 5.41) is 22.3. The molecule has 0 spiro atoms. The van der Waals surface area contributed by atoms with E-state index < -0.39 is 13.2 Å². The maximum absolute atomic E-state index is 12.2. The molecule has 4 rings (SSSR count). The van der Waals surface area contributed by atoms with Crippen LogP contribution in [0.4, 0.5) is 16.2 Å². The third kappa shape index (κ3) is 4.88. The van der Waals surface area contributed by atoms with Crippen LogP contribution in [0, 0.1) is 0 Å². The molecule has 0 aliphatic carbocycles. The Bertz CT molecular complexity index is 1050. The first-order chi connectivity index (χ1) is 14.6. The summed E-state index contributed by atoms with van der Waals surface area (Å²) in [5.41, 5.74) is 3.74. The van der Waals surface area contributed by atoms with Crippen LogP contribution < -0.4 is 15.5 Å². The number of fused-ring (bicyclic) bond motifs is 1. The molecule has 1 amide bonds. The summed E-state index contributed by atoms with van der Waals surface area (Å²) < 4.78 is 13.6. The van der Waals surface area contributed by atoms with Gasteiger partial charge in [0.1, 0.15) is 12.4 Å². The van der Waals surface area contributed by atoms with E-state index in [9.17, 15) is 14.9 Å². The highest BCUT2D eigenvalue weighted by molar-refractivity contribution is 8.00. The van der Waals surface area contributed by atoms with Crippen molar-refractivity contribution in [1.82, 2.24) is 0 Å². The third-order valence-electron chi connectivity index (χ3n) is 4.50. The molecule has 0 radical (unpaired) electrons. The molecule has 152 valence electrons. The number of hydrogen-bond acceptors (Lipinski definition) is 7. The molecule has 3 aromatic rings. The Kier molecular flexibility index (Phi) is 6.13. The number of aromatic hydroxyl groups is 1. The molecule has 0 saturated carbocycles. The lowest BCUT2D eigenvalue weighted by molar-refractivity contribution is 0.155. The molecule has 7 nitrogen and oxygen atoms in total.